The first-order chi connectivity index (χ1) is 26.7. The number of rotatable bonds is 6. The average molecular weight is 830 g/mol. The van der Waals surface area contributed by atoms with Crippen LogP contribution < -0.4 is 21.8 Å². The molecule has 0 bridgehead atoms. The first kappa shape index (κ1) is 38.6. The fourth-order valence-corrected chi connectivity index (χ4v) is 7.94. The van der Waals surface area contributed by atoms with E-state index < -0.39 is 28.8 Å². The molecule has 0 aliphatic carbocycles. The van der Waals surface area contributed by atoms with Gasteiger partial charge in [0.15, 0.2) is 0 Å². The van der Waals surface area contributed by atoms with Gasteiger partial charge in [0, 0.05) is 40.5 Å². The number of nitrogens with one attached hydrogen (secondary N) is 2. The van der Waals surface area contributed by atoms with Gasteiger partial charge in [-0.05, 0) is 136 Å². The molecule has 288 valence electrons. The summed E-state index contributed by atoms with van der Waals surface area (Å²) >= 11 is 3.32. The van der Waals surface area contributed by atoms with E-state index in [9.17, 15) is 27.2 Å². The molecular weight excluding hydrogens is 792 g/mol. The molecule has 2 aromatic carbocycles. The van der Waals surface area contributed by atoms with Gasteiger partial charge in [0.05, 0.1) is 34.8 Å². The Morgan fingerprint density at radius 2 is 1.00 bits per heavy atom. The Morgan fingerprint density at radius 3 is 1.45 bits per heavy atom. The van der Waals surface area contributed by atoms with Gasteiger partial charge in [0.1, 0.15) is 27.7 Å². The molecule has 0 radical (unpaired) electrons. The number of nitrogens with zero attached hydrogens (tertiary/aromatic N) is 6. The van der Waals surface area contributed by atoms with Crippen molar-refractivity contribution < 1.29 is 17.6 Å². The zero-order chi connectivity index (χ0) is 40.0. The largest absolute Gasteiger partial charge is 0.324 e. The maximum absolute atomic E-state index is 13.8. The number of hydrogen-bond acceptors (Lipinski definition) is 8. The molecule has 0 amide bonds. The van der Waals surface area contributed by atoms with Crippen LogP contribution >= 0.6 is 15.9 Å². The summed E-state index contributed by atoms with van der Waals surface area (Å²) < 4.78 is 59.3. The fourth-order valence-electron chi connectivity index (χ4n) is 7.46. The van der Waals surface area contributed by atoms with Crippen LogP contribution in [0, 0.1) is 57.9 Å². The number of fused-ring (bicyclic) bond motifs is 2. The second-order valence-electron chi connectivity index (χ2n) is 14.0. The molecule has 2 aliphatic rings. The van der Waals surface area contributed by atoms with E-state index in [1.165, 1.54) is 24.3 Å². The third-order valence-corrected chi connectivity index (χ3v) is 10.9. The van der Waals surface area contributed by atoms with E-state index in [0.29, 0.717) is 64.4 Å². The van der Waals surface area contributed by atoms with Crippen molar-refractivity contribution in [2.75, 3.05) is 10.6 Å². The first-order valence-electron chi connectivity index (χ1n) is 17.9. The van der Waals surface area contributed by atoms with E-state index in [4.69, 9.17) is 0 Å². The van der Waals surface area contributed by atoms with E-state index in [2.05, 4.69) is 46.5 Å². The number of hydrogen-bond donors (Lipinski definition) is 2. The molecule has 8 rings (SSSR count). The number of pyridine rings is 2. The van der Waals surface area contributed by atoms with Gasteiger partial charge in [-0.15, -0.1) is 0 Å². The summed E-state index contributed by atoms with van der Waals surface area (Å²) in [5.41, 5.74) is 7.19. The van der Waals surface area contributed by atoms with Crippen LogP contribution in [0.2, 0.25) is 0 Å². The smallest absolute Gasteiger partial charge is 0.289 e. The van der Waals surface area contributed by atoms with Crippen molar-refractivity contribution in [3.05, 3.63) is 160 Å². The Morgan fingerprint density at radius 1 is 0.589 bits per heavy atom. The van der Waals surface area contributed by atoms with Crippen LogP contribution in [0.1, 0.15) is 75.8 Å². The molecule has 0 saturated carbocycles. The lowest BCUT2D eigenvalue weighted by molar-refractivity contribution is 0.558. The number of anilines is 4. The Bertz CT molecular complexity index is 2430. The van der Waals surface area contributed by atoms with Crippen LogP contribution in [0.3, 0.4) is 0 Å². The number of benzene rings is 2. The van der Waals surface area contributed by atoms with Gasteiger partial charge in [-0.2, -0.15) is 9.97 Å². The summed E-state index contributed by atoms with van der Waals surface area (Å²) in [6, 6.07) is 13.8. The average Bonchev–Trinajstić information content (AvgIpc) is 3.78. The van der Waals surface area contributed by atoms with Gasteiger partial charge >= 0.3 is 0 Å². The lowest BCUT2D eigenvalue weighted by Crippen LogP contribution is -2.22. The van der Waals surface area contributed by atoms with Gasteiger partial charge in [-0.25, -0.2) is 17.6 Å². The van der Waals surface area contributed by atoms with Crippen molar-refractivity contribution >= 4 is 39.2 Å². The molecule has 0 spiro atoms. The van der Waals surface area contributed by atoms with Crippen LogP contribution in [-0.2, 0) is 12.8 Å². The minimum atomic E-state index is -0.635. The maximum Gasteiger partial charge on any atom is 0.289 e. The van der Waals surface area contributed by atoms with E-state index in [1.807, 2.05) is 61.1 Å². The molecule has 2 unspecified atom stereocenters. The van der Waals surface area contributed by atoms with E-state index >= 15 is 0 Å². The van der Waals surface area contributed by atoms with Crippen molar-refractivity contribution in [3.63, 3.8) is 0 Å². The molecule has 0 saturated heterocycles. The summed E-state index contributed by atoms with van der Waals surface area (Å²) in [6.45, 7) is 9.25. The molecule has 15 heteroatoms. The Labute approximate surface area is 327 Å². The summed E-state index contributed by atoms with van der Waals surface area (Å²) in [4.78, 5) is 41.9. The van der Waals surface area contributed by atoms with E-state index in [1.54, 1.807) is 6.92 Å². The molecule has 56 heavy (non-hydrogen) atoms. The summed E-state index contributed by atoms with van der Waals surface area (Å²) in [5, 5.41) is 6.38. The van der Waals surface area contributed by atoms with Crippen molar-refractivity contribution in [3.8, 4) is 0 Å². The van der Waals surface area contributed by atoms with Gasteiger partial charge in [-0.3, -0.25) is 19.6 Å². The van der Waals surface area contributed by atoms with Crippen molar-refractivity contribution in [2.24, 2.45) is 0 Å². The second kappa shape index (κ2) is 15.4. The number of halogens is 5. The molecule has 0 fully saturated rings. The predicted molar refractivity (Wildman–Crippen MR) is 209 cm³/mol. The summed E-state index contributed by atoms with van der Waals surface area (Å²) in [6.07, 6.45) is 2.45. The zero-order valence-corrected chi connectivity index (χ0v) is 32.7. The highest BCUT2D eigenvalue weighted by Crippen LogP contribution is 2.39. The zero-order valence-electron chi connectivity index (χ0n) is 31.1. The number of aromatic nitrogens is 6. The van der Waals surface area contributed by atoms with Crippen LogP contribution in [0.25, 0.3) is 0 Å². The van der Waals surface area contributed by atoms with Crippen LogP contribution in [0.5, 0.6) is 0 Å². The molecule has 6 heterocycles. The predicted octanol–water partition coefficient (Wildman–Crippen LogP) is 8.70. The quantitative estimate of drug-likeness (QED) is 0.160. The lowest BCUT2D eigenvalue weighted by Gasteiger charge is -2.21. The molecule has 2 aliphatic heterocycles. The van der Waals surface area contributed by atoms with Crippen molar-refractivity contribution in [1.29, 1.82) is 0 Å². The Balaban J connectivity index is 0.000000172. The minimum absolute atomic E-state index is 0.308. The fraction of sp³-hybridized carbons (Fsp3) is 0.268. The van der Waals surface area contributed by atoms with E-state index in [0.717, 1.165) is 52.0 Å². The van der Waals surface area contributed by atoms with Gasteiger partial charge in [0.2, 0.25) is 11.9 Å². The van der Waals surface area contributed by atoms with Gasteiger partial charge < -0.3 is 19.8 Å². The minimum Gasteiger partial charge on any atom is -0.324 e. The topological polar surface area (TPSA) is 120 Å². The molecular formula is C41H37BrF4N8O2. The SMILES string of the molecule is Cc1ccc(Nc2nc(=O)c(Br)c3n2C(c2cc(F)cc(F)c2)CC3)c(C)n1.Cc1ccc(Nc2nc(=O)c(C)c3n2C(c2cc(F)cc(F)c2)CC3)c(C)n1. The van der Waals surface area contributed by atoms with Crippen LogP contribution in [0.15, 0.2) is 74.7 Å². The molecule has 2 N–H and O–H groups in total. The van der Waals surface area contributed by atoms with E-state index in [-0.39, 0.29) is 17.6 Å². The second-order valence-corrected chi connectivity index (χ2v) is 14.8. The molecule has 10 nitrogen and oxygen atoms in total. The Kier molecular flexibility index (Phi) is 10.6. The summed E-state index contributed by atoms with van der Waals surface area (Å²) in [7, 11) is 0. The highest BCUT2D eigenvalue weighted by atomic mass is 79.9. The van der Waals surface area contributed by atoms with Gasteiger partial charge in [0.25, 0.3) is 11.1 Å². The lowest BCUT2D eigenvalue weighted by atomic mass is 10.0. The highest BCUT2D eigenvalue weighted by Gasteiger charge is 2.31. The third-order valence-electron chi connectivity index (χ3n) is 10.1. The van der Waals surface area contributed by atoms with Crippen LogP contribution in [-0.4, -0.2) is 29.1 Å². The molecule has 2 atom stereocenters. The van der Waals surface area contributed by atoms with Crippen molar-refractivity contribution in [2.45, 2.75) is 72.4 Å². The normalized spacial score (nSPS) is 15.5. The molecule has 6 aromatic rings. The monoisotopic (exact) mass is 828 g/mol. The van der Waals surface area contributed by atoms with Crippen LogP contribution in [0.4, 0.5) is 40.8 Å². The molecule has 4 aromatic heterocycles. The Hall–Kier alpha value is -5.70. The van der Waals surface area contributed by atoms with Gasteiger partial charge in [-0.1, -0.05) is 0 Å². The highest BCUT2D eigenvalue weighted by molar-refractivity contribution is 9.10. The maximum atomic E-state index is 13.8. The number of aryl methyl sites for hydroxylation is 4. The van der Waals surface area contributed by atoms with Crippen molar-refractivity contribution in [1.82, 2.24) is 29.1 Å². The third kappa shape index (κ3) is 7.72. The first-order valence-corrected chi connectivity index (χ1v) is 18.7. The summed E-state index contributed by atoms with van der Waals surface area (Å²) in [5.74, 6) is -1.84. The standard InChI is InChI=1S/C21H20F2N4O.C20H17BrF2N4O/c1-11-4-5-17(13(3)24-11)25-21-26-20(28)12(2)18-6-7-19(27(18)21)14-8-15(22)10-16(23)9-14;1-10-3-4-15(11(2)24-10)25-20-26-19(28)18(21)17-6-5-16(27(17)20)12-7-13(22)9-14(23)8-12/h4-5,8-10,19H,6-7H2,1-3H3,(H,25,26,28);3-4,7-9,16H,5-6H2,1-2H3,(H,25,26,28).